The van der Waals surface area contributed by atoms with E-state index in [1.165, 1.54) is 28.2 Å². The first-order valence-corrected chi connectivity index (χ1v) is 10.2. The molecular formula is C25H30N4. The molecule has 150 valence electrons. The summed E-state index contributed by atoms with van der Waals surface area (Å²) in [6.07, 6.45) is 6.76. The summed E-state index contributed by atoms with van der Waals surface area (Å²) in [6.45, 7) is 2.13. The average Bonchev–Trinajstić information content (AvgIpc) is 3.01. The van der Waals surface area contributed by atoms with E-state index in [1.807, 2.05) is 18.2 Å². The van der Waals surface area contributed by atoms with Crippen molar-refractivity contribution >= 4 is 23.3 Å². The first kappa shape index (κ1) is 19.2. The summed E-state index contributed by atoms with van der Waals surface area (Å²) in [5, 5.41) is 0. The topological polar surface area (TPSA) is 37.4 Å². The van der Waals surface area contributed by atoms with E-state index in [0.29, 0.717) is 6.04 Å². The van der Waals surface area contributed by atoms with Crippen molar-refractivity contribution in [3.8, 4) is 5.69 Å². The molecule has 1 aromatic heterocycles. The van der Waals surface area contributed by atoms with Gasteiger partial charge in [0.05, 0.1) is 0 Å². The van der Waals surface area contributed by atoms with Gasteiger partial charge in [0, 0.05) is 49.9 Å². The van der Waals surface area contributed by atoms with Crippen LogP contribution in [0.4, 0.5) is 17.2 Å². The number of nitrogen functional groups attached to an aromatic ring is 1. The smallest absolute Gasteiger partial charge is 0.108 e. The number of nitrogens with two attached hydrogens (primary N) is 1. The number of anilines is 3. The lowest BCUT2D eigenvalue weighted by Gasteiger charge is -2.35. The normalized spacial score (nSPS) is 16.3. The molecule has 0 amide bonds. The number of fused-ring (bicyclic) bond motifs is 1. The fourth-order valence-corrected chi connectivity index (χ4v) is 4.25. The fraction of sp³-hybridized carbons (Fsp3) is 0.280. The molecule has 0 spiro atoms. The van der Waals surface area contributed by atoms with Gasteiger partial charge in [-0.2, -0.15) is 0 Å². The van der Waals surface area contributed by atoms with Crippen LogP contribution in [0.15, 0.2) is 60.7 Å². The third-order valence-electron chi connectivity index (χ3n) is 5.99. The molecule has 0 saturated carbocycles. The Kier molecular flexibility index (Phi) is 5.10. The first-order valence-electron chi connectivity index (χ1n) is 10.2. The molecule has 29 heavy (non-hydrogen) atoms. The van der Waals surface area contributed by atoms with Crippen molar-refractivity contribution in [3.63, 3.8) is 0 Å². The van der Waals surface area contributed by atoms with Crippen molar-refractivity contribution in [2.24, 2.45) is 0 Å². The Hall–Kier alpha value is -3.14. The maximum Gasteiger partial charge on any atom is 0.108 e. The van der Waals surface area contributed by atoms with Gasteiger partial charge in [-0.15, -0.1) is 0 Å². The standard InChI is InChI=1S/C25H30N4/c1-18-19(17-25(26)29(18)22-8-6-5-7-9-22)10-12-21-13-11-20-16-23(27(2)3)14-15-24(20)28(21)4/h5-10,12,14-17,21H,11,13,26H2,1-4H3/b12-10+. The zero-order valence-electron chi connectivity index (χ0n) is 17.8. The van der Waals surface area contributed by atoms with Gasteiger partial charge in [0.15, 0.2) is 0 Å². The molecule has 2 heterocycles. The number of likely N-dealkylation sites (N-methyl/N-ethyl adjacent to an activating group) is 1. The summed E-state index contributed by atoms with van der Waals surface area (Å²) in [5.41, 5.74) is 13.8. The highest BCUT2D eigenvalue weighted by molar-refractivity contribution is 5.66. The molecule has 2 N–H and O–H groups in total. The van der Waals surface area contributed by atoms with E-state index < -0.39 is 0 Å². The van der Waals surface area contributed by atoms with Crippen LogP contribution >= 0.6 is 0 Å². The fourth-order valence-electron chi connectivity index (χ4n) is 4.25. The van der Waals surface area contributed by atoms with Crippen LogP contribution in [0.1, 0.15) is 23.2 Å². The molecule has 0 radical (unpaired) electrons. The van der Waals surface area contributed by atoms with E-state index in [1.54, 1.807) is 0 Å². The number of hydrogen-bond acceptors (Lipinski definition) is 3. The molecule has 0 saturated heterocycles. The number of benzene rings is 2. The highest BCUT2D eigenvalue weighted by Gasteiger charge is 2.22. The van der Waals surface area contributed by atoms with E-state index >= 15 is 0 Å². The highest BCUT2D eigenvalue weighted by Crippen LogP contribution is 2.33. The van der Waals surface area contributed by atoms with Crippen LogP contribution in [0.2, 0.25) is 0 Å². The van der Waals surface area contributed by atoms with Crippen molar-refractivity contribution in [2.45, 2.75) is 25.8 Å². The predicted octanol–water partition coefficient (Wildman–Crippen LogP) is 4.90. The number of rotatable bonds is 4. The summed E-state index contributed by atoms with van der Waals surface area (Å²) in [5.74, 6) is 0.770. The minimum Gasteiger partial charge on any atom is -0.385 e. The summed E-state index contributed by atoms with van der Waals surface area (Å²) < 4.78 is 2.11. The number of hydrogen-bond donors (Lipinski definition) is 1. The van der Waals surface area contributed by atoms with Crippen LogP contribution in [0.5, 0.6) is 0 Å². The third-order valence-corrected chi connectivity index (χ3v) is 5.99. The molecule has 3 aromatic rings. The Labute approximate surface area is 173 Å². The van der Waals surface area contributed by atoms with Crippen molar-refractivity contribution in [1.82, 2.24) is 4.57 Å². The molecule has 1 unspecified atom stereocenters. The quantitative estimate of drug-likeness (QED) is 0.693. The number of aromatic nitrogens is 1. The van der Waals surface area contributed by atoms with E-state index in [0.717, 1.165) is 24.3 Å². The van der Waals surface area contributed by atoms with Crippen LogP contribution in [0.3, 0.4) is 0 Å². The maximum absolute atomic E-state index is 6.33. The molecule has 1 atom stereocenters. The molecule has 0 fully saturated rings. The molecule has 0 aliphatic carbocycles. The van der Waals surface area contributed by atoms with Crippen molar-refractivity contribution in [2.75, 3.05) is 36.7 Å². The number of nitrogens with zero attached hydrogens (tertiary/aromatic N) is 3. The molecule has 4 heteroatoms. The monoisotopic (exact) mass is 386 g/mol. The predicted molar refractivity (Wildman–Crippen MR) is 125 cm³/mol. The summed E-state index contributed by atoms with van der Waals surface area (Å²) in [6, 6.07) is 19.5. The van der Waals surface area contributed by atoms with Gasteiger partial charge < -0.3 is 20.1 Å². The summed E-state index contributed by atoms with van der Waals surface area (Å²) in [4.78, 5) is 4.55. The zero-order valence-corrected chi connectivity index (χ0v) is 17.8. The zero-order chi connectivity index (χ0) is 20.5. The van der Waals surface area contributed by atoms with Gasteiger partial charge in [0.1, 0.15) is 5.82 Å². The van der Waals surface area contributed by atoms with Gasteiger partial charge in [-0.05, 0) is 67.3 Å². The van der Waals surface area contributed by atoms with Crippen LogP contribution in [0.25, 0.3) is 11.8 Å². The van der Waals surface area contributed by atoms with Gasteiger partial charge in [0.25, 0.3) is 0 Å². The summed E-state index contributed by atoms with van der Waals surface area (Å²) in [7, 11) is 6.38. The molecule has 1 aliphatic heterocycles. The third kappa shape index (κ3) is 3.63. The first-order chi connectivity index (χ1) is 14.0. The molecule has 4 rings (SSSR count). The van der Waals surface area contributed by atoms with Crippen LogP contribution in [0, 0.1) is 6.92 Å². The van der Waals surface area contributed by atoms with E-state index in [9.17, 15) is 0 Å². The Morgan fingerprint density at radius 2 is 1.83 bits per heavy atom. The number of para-hydroxylation sites is 1. The van der Waals surface area contributed by atoms with E-state index in [4.69, 9.17) is 5.73 Å². The molecule has 2 aromatic carbocycles. The Morgan fingerprint density at radius 3 is 2.55 bits per heavy atom. The van der Waals surface area contributed by atoms with Gasteiger partial charge in [-0.3, -0.25) is 0 Å². The Bertz CT molecular complexity index is 1030. The number of aryl methyl sites for hydroxylation is 1. The van der Waals surface area contributed by atoms with Gasteiger partial charge >= 0.3 is 0 Å². The molecule has 0 bridgehead atoms. The summed E-state index contributed by atoms with van der Waals surface area (Å²) >= 11 is 0. The van der Waals surface area contributed by atoms with Gasteiger partial charge in [0.2, 0.25) is 0 Å². The second-order valence-electron chi connectivity index (χ2n) is 8.06. The molecular weight excluding hydrogens is 356 g/mol. The van der Waals surface area contributed by atoms with E-state index in [-0.39, 0.29) is 0 Å². The van der Waals surface area contributed by atoms with Crippen LogP contribution in [-0.2, 0) is 6.42 Å². The Balaban J connectivity index is 1.58. The lowest BCUT2D eigenvalue weighted by molar-refractivity contribution is 0.646. The average molecular weight is 387 g/mol. The van der Waals surface area contributed by atoms with Crippen molar-refractivity contribution in [1.29, 1.82) is 0 Å². The SMILES string of the molecule is Cc1c(/C=C/C2CCc3cc(N(C)C)ccc3N2C)cc(N)n1-c1ccccc1. The van der Waals surface area contributed by atoms with Gasteiger partial charge in [-0.1, -0.05) is 30.4 Å². The second kappa shape index (κ2) is 7.70. The molecule has 4 nitrogen and oxygen atoms in total. The minimum atomic E-state index is 0.383. The second-order valence-corrected chi connectivity index (χ2v) is 8.06. The molecule has 1 aliphatic rings. The van der Waals surface area contributed by atoms with Crippen molar-refractivity contribution < 1.29 is 0 Å². The van der Waals surface area contributed by atoms with Crippen LogP contribution < -0.4 is 15.5 Å². The lowest BCUT2D eigenvalue weighted by Crippen LogP contribution is -2.34. The van der Waals surface area contributed by atoms with Gasteiger partial charge in [-0.25, -0.2) is 0 Å². The van der Waals surface area contributed by atoms with Crippen molar-refractivity contribution in [3.05, 3.63) is 77.5 Å². The maximum atomic E-state index is 6.33. The van der Waals surface area contributed by atoms with Crippen LogP contribution in [-0.4, -0.2) is 31.8 Å². The highest BCUT2D eigenvalue weighted by atomic mass is 15.1. The van der Waals surface area contributed by atoms with E-state index in [2.05, 4.69) is 91.0 Å². The lowest BCUT2D eigenvalue weighted by atomic mass is 9.95. The minimum absolute atomic E-state index is 0.383. The largest absolute Gasteiger partial charge is 0.385 e. The Morgan fingerprint density at radius 1 is 1.07 bits per heavy atom.